The second-order valence-corrected chi connectivity index (χ2v) is 5.66. The predicted octanol–water partition coefficient (Wildman–Crippen LogP) is 2.49. The first-order valence-corrected chi connectivity index (χ1v) is 8.45. The number of carboxylic acid groups (broad SMARTS) is 1. The van der Waals surface area contributed by atoms with Crippen LogP contribution in [0.4, 0.5) is 0 Å². The number of hydrogen-bond acceptors (Lipinski definition) is 4. The fourth-order valence-electron chi connectivity index (χ4n) is 2.12. The summed E-state index contributed by atoms with van der Waals surface area (Å²) in [5, 5.41) is 29.8. The number of aliphatic hydroxyl groups is 2. The van der Waals surface area contributed by atoms with Crippen LogP contribution in [0.25, 0.3) is 0 Å². The molecule has 4 heteroatoms. The molecule has 0 aromatic heterocycles. The van der Waals surface area contributed by atoms with E-state index in [4.69, 9.17) is 0 Å². The molecular formula is C18H31O4-. The van der Waals surface area contributed by atoms with Gasteiger partial charge in [-0.2, -0.15) is 0 Å². The van der Waals surface area contributed by atoms with Gasteiger partial charge in [0.05, 0.1) is 12.2 Å². The van der Waals surface area contributed by atoms with Gasteiger partial charge in [0.1, 0.15) is 0 Å². The van der Waals surface area contributed by atoms with E-state index in [1.54, 1.807) is 6.08 Å². The average molecular weight is 311 g/mol. The van der Waals surface area contributed by atoms with Gasteiger partial charge < -0.3 is 20.1 Å². The highest BCUT2D eigenvalue weighted by molar-refractivity contribution is 5.63. The Balaban J connectivity index is 3.65. The fraction of sp³-hybridized carbons (Fsp3) is 0.722. The van der Waals surface area contributed by atoms with Gasteiger partial charge in [-0.25, -0.2) is 0 Å². The zero-order chi connectivity index (χ0) is 16.6. The van der Waals surface area contributed by atoms with Crippen molar-refractivity contribution in [1.29, 1.82) is 0 Å². The van der Waals surface area contributed by atoms with E-state index in [0.717, 1.165) is 19.3 Å². The Morgan fingerprint density at radius 2 is 1.82 bits per heavy atom. The van der Waals surface area contributed by atoms with Crippen LogP contribution in [0.1, 0.15) is 71.1 Å². The van der Waals surface area contributed by atoms with E-state index in [2.05, 4.69) is 19.1 Å². The minimum atomic E-state index is -1.04. The molecule has 2 atom stereocenters. The van der Waals surface area contributed by atoms with E-state index in [1.807, 2.05) is 6.08 Å². The highest BCUT2D eigenvalue weighted by atomic mass is 16.4. The minimum Gasteiger partial charge on any atom is -0.550 e. The summed E-state index contributed by atoms with van der Waals surface area (Å²) in [5.74, 6) is -1.04. The van der Waals surface area contributed by atoms with E-state index in [-0.39, 0.29) is 6.42 Å². The quantitative estimate of drug-likeness (QED) is 0.381. The van der Waals surface area contributed by atoms with Gasteiger partial charge in [0.2, 0.25) is 0 Å². The molecule has 128 valence electrons. The van der Waals surface area contributed by atoms with Gasteiger partial charge in [-0.1, -0.05) is 56.9 Å². The Morgan fingerprint density at radius 3 is 2.50 bits per heavy atom. The molecule has 0 aromatic rings. The van der Waals surface area contributed by atoms with Crippen LogP contribution in [-0.2, 0) is 4.79 Å². The molecule has 2 N–H and O–H groups in total. The molecule has 0 radical (unpaired) electrons. The normalized spacial score (nSPS) is 14.7. The van der Waals surface area contributed by atoms with E-state index in [1.165, 1.54) is 19.3 Å². The number of carbonyl (C=O) groups excluding carboxylic acids is 1. The Kier molecular flexibility index (Phi) is 14.0. The highest BCUT2D eigenvalue weighted by Gasteiger charge is 2.11. The molecule has 22 heavy (non-hydrogen) atoms. The molecule has 0 unspecified atom stereocenters. The van der Waals surface area contributed by atoms with Crippen molar-refractivity contribution in [2.24, 2.45) is 0 Å². The monoisotopic (exact) mass is 311 g/mol. The van der Waals surface area contributed by atoms with E-state index in [0.29, 0.717) is 19.3 Å². The van der Waals surface area contributed by atoms with Crippen molar-refractivity contribution in [3.8, 4) is 0 Å². The Morgan fingerprint density at radius 1 is 1.05 bits per heavy atom. The smallest absolute Gasteiger partial charge is 0.0980 e. The number of rotatable bonds is 14. The zero-order valence-electron chi connectivity index (χ0n) is 13.7. The van der Waals surface area contributed by atoms with Gasteiger partial charge in [0.25, 0.3) is 0 Å². The second kappa shape index (κ2) is 14.8. The van der Waals surface area contributed by atoms with E-state index < -0.39 is 18.2 Å². The Hall–Kier alpha value is -1.13. The van der Waals surface area contributed by atoms with Crippen LogP contribution in [0.5, 0.6) is 0 Å². The molecule has 4 nitrogen and oxygen atoms in total. The first-order chi connectivity index (χ1) is 10.6. The zero-order valence-corrected chi connectivity index (χ0v) is 13.7. The lowest BCUT2D eigenvalue weighted by Crippen LogP contribution is -2.23. The van der Waals surface area contributed by atoms with Gasteiger partial charge in [-0.3, -0.25) is 0 Å². The maximum absolute atomic E-state index is 10.2. The third kappa shape index (κ3) is 13.8. The van der Waals surface area contributed by atoms with Crippen molar-refractivity contribution in [2.45, 2.75) is 83.3 Å². The number of carboxylic acids is 1. The van der Waals surface area contributed by atoms with Crippen molar-refractivity contribution in [3.05, 3.63) is 24.3 Å². The molecule has 0 saturated carbocycles. The molecule has 0 amide bonds. The fourth-order valence-corrected chi connectivity index (χ4v) is 2.12. The van der Waals surface area contributed by atoms with Gasteiger partial charge in [-0.05, 0) is 38.5 Å². The predicted molar refractivity (Wildman–Crippen MR) is 87.1 cm³/mol. The molecule has 0 aromatic carbocycles. The van der Waals surface area contributed by atoms with Crippen LogP contribution in [0.15, 0.2) is 24.3 Å². The van der Waals surface area contributed by atoms with Crippen LogP contribution in [-0.4, -0.2) is 28.4 Å². The van der Waals surface area contributed by atoms with Gasteiger partial charge >= 0.3 is 0 Å². The first-order valence-electron chi connectivity index (χ1n) is 8.45. The molecule has 0 bridgehead atoms. The van der Waals surface area contributed by atoms with Crippen LogP contribution in [0.3, 0.4) is 0 Å². The van der Waals surface area contributed by atoms with E-state index >= 15 is 0 Å². The summed E-state index contributed by atoms with van der Waals surface area (Å²) in [6.07, 6.45) is 14.2. The van der Waals surface area contributed by atoms with Gasteiger partial charge in [0, 0.05) is 5.97 Å². The minimum absolute atomic E-state index is 0.0587. The van der Waals surface area contributed by atoms with Crippen molar-refractivity contribution in [1.82, 2.24) is 0 Å². The number of unbranched alkanes of at least 4 members (excludes halogenated alkanes) is 5. The Bertz CT molecular complexity index is 323. The van der Waals surface area contributed by atoms with Crippen LogP contribution < -0.4 is 5.11 Å². The Labute approximate surface area is 134 Å². The summed E-state index contributed by atoms with van der Waals surface area (Å²) in [5.41, 5.74) is 0. The molecule has 0 heterocycles. The number of carbonyl (C=O) groups is 1. The summed E-state index contributed by atoms with van der Waals surface area (Å²) >= 11 is 0. The number of aliphatic carboxylic acids is 1. The first kappa shape index (κ1) is 20.9. The third-order valence-electron chi connectivity index (χ3n) is 3.52. The van der Waals surface area contributed by atoms with Crippen molar-refractivity contribution in [3.63, 3.8) is 0 Å². The number of allylic oxidation sites excluding steroid dienone is 3. The molecule has 0 fully saturated rings. The number of aliphatic hydroxyl groups excluding tert-OH is 2. The van der Waals surface area contributed by atoms with Crippen molar-refractivity contribution in [2.75, 3.05) is 0 Å². The molecule has 0 rings (SSSR count). The maximum atomic E-state index is 10.2. The molecule has 0 aliphatic carbocycles. The van der Waals surface area contributed by atoms with Crippen molar-refractivity contribution >= 4 is 5.97 Å². The van der Waals surface area contributed by atoms with E-state index in [9.17, 15) is 20.1 Å². The second-order valence-electron chi connectivity index (χ2n) is 5.66. The molecule has 0 aliphatic heterocycles. The SMILES string of the molecule is CCCCC/C=C\C/C=C\[C@@H](O)[C@@H](O)CCCCCC(=O)[O-]. The molecular weight excluding hydrogens is 280 g/mol. The van der Waals surface area contributed by atoms with Gasteiger partial charge in [-0.15, -0.1) is 0 Å². The summed E-state index contributed by atoms with van der Waals surface area (Å²) in [4.78, 5) is 10.2. The molecule has 0 saturated heterocycles. The summed E-state index contributed by atoms with van der Waals surface area (Å²) in [6, 6.07) is 0. The molecule has 0 spiro atoms. The molecule has 0 aliphatic rings. The van der Waals surface area contributed by atoms with Gasteiger partial charge in [0.15, 0.2) is 0 Å². The van der Waals surface area contributed by atoms with Crippen LogP contribution in [0.2, 0.25) is 0 Å². The summed E-state index contributed by atoms with van der Waals surface area (Å²) in [6.45, 7) is 2.18. The topological polar surface area (TPSA) is 80.6 Å². The largest absolute Gasteiger partial charge is 0.550 e. The third-order valence-corrected chi connectivity index (χ3v) is 3.52. The lowest BCUT2D eigenvalue weighted by Gasteiger charge is -2.14. The summed E-state index contributed by atoms with van der Waals surface area (Å²) in [7, 11) is 0. The summed E-state index contributed by atoms with van der Waals surface area (Å²) < 4.78 is 0. The number of hydrogen-bond donors (Lipinski definition) is 2. The lowest BCUT2D eigenvalue weighted by molar-refractivity contribution is -0.305. The highest BCUT2D eigenvalue weighted by Crippen LogP contribution is 2.09. The standard InChI is InChI=1S/C18H32O4/c1-2-3-4-5-6-7-8-10-13-16(19)17(20)14-11-9-12-15-18(21)22/h6-7,10,13,16-17,19-20H,2-5,8-9,11-12,14-15H2,1H3,(H,21,22)/p-1/b7-6-,13-10-/t16-,17+/m1/s1. The maximum Gasteiger partial charge on any atom is 0.0980 e. The van der Waals surface area contributed by atoms with Crippen molar-refractivity contribution < 1.29 is 20.1 Å². The average Bonchev–Trinajstić information content (AvgIpc) is 2.48. The lowest BCUT2D eigenvalue weighted by atomic mass is 10.0. The van der Waals surface area contributed by atoms with Crippen LogP contribution in [0, 0.1) is 0 Å². The van der Waals surface area contributed by atoms with Crippen LogP contribution >= 0.6 is 0 Å².